The van der Waals surface area contributed by atoms with E-state index in [-0.39, 0.29) is 11.8 Å². The van der Waals surface area contributed by atoms with Gasteiger partial charge in [-0.05, 0) is 38.4 Å². The van der Waals surface area contributed by atoms with Crippen molar-refractivity contribution in [2.24, 2.45) is 5.73 Å². The van der Waals surface area contributed by atoms with Crippen molar-refractivity contribution < 1.29 is 9.21 Å². The number of piperidine rings is 1. The number of aromatic nitrogens is 2. The van der Waals surface area contributed by atoms with Gasteiger partial charge in [0.1, 0.15) is 0 Å². The summed E-state index contributed by atoms with van der Waals surface area (Å²) >= 11 is 1.64. The third kappa shape index (κ3) is 3.30. The first-order chi connectivity index (χ1) is 10.1. The van der Waals surface area contributed by atoms with Gasteiger partial charge in [-0.25, -0.2) is 0 Å². The van der Waals surface area contributed by atoms with Crippen LogP contribution in [0.15, 0.2) is 16.5 Å². The Hall–Kier alpha value is -1.73. The summed E-state index contributed by atoms with van der Waals surface area (Å²) in [6, 6.07) is 4.04. The molecular formula is C14H18N4O2S. The second-order valence-electron chi connectivity index (χ2n) is 5.40. The molecule has 1 amide bonds. The summed E-state index contributed by atoms with van der Waals surface area (Å²) in [5, 5.41) is 8.33. The molecule has 112 valence electrons. The maximum Gasteiger partial charge on any atom is 0.257 e. The average Bonchev–Trinajstić information content (AvgIpc) is 3.06. The lowest BCUT2D eigenvalue weighted by molar-refractivity contribution is -0.119. The Kier molecular flexibility index (Phi) is 4.03. The summed E-state index contributed by atoms with van der Waals surface area (Å²) in [5.41, 5.74) is 5.26. The van der Waals surface area contributed by atoms with E-state index in [2.05, 4.69) is 15.1 Å². The number of nitrogens with two attached hydrogens (primary N) is 1. The van der Waals surface area contributed by atoms with Gasteiger partial charge in [0.05, 0.1) is 17.3 Å². The van der Waals surface area contributed by atoms with E-state index in [9.17, 15) is 4.79 Å². The molecule has 1 fully saturated rings. The standard InChI is InChI=1S/C14H18N4O2S/c1-9-4-5-11(21-9)14-17-16-13(20-14)10-3-2-6-18(7-10)8-12(15)19/h4-5,10H,2-3,6-8H2,1H3,(H2,15,19). The van der Waals surface area contributed by atoms with Crippen molar-refractivity contribution in [1.82, 2.24) is 15.1 Å². The summed E-state index contributed by atoms with van der Waals surface area (Å²) in [5.74, 6) is 1.12. The Bertz CT molecular complexity index is 636. The molecule has 1 unspecified atom stereocenters. The molecule has 7 heteroatoms. The minimum Gasteiger partial charge on any atom is -0.420 e. The summed E-state index contributed by atoms with van der Waals surface area (Å²) in [7, 11) is 0. The van der Waals surface area contributed by atoms with Crippen molar-refractivity contribution in [3.63, 3.8) is 0 Å². The van der Waals surface area contributed by atoms with Crippen molar-refractivity contribution in [1.29, 1.82) is 0 Å². The number of hydrogen-bond acceptors (Lipinski definition) is 6. The molecule has 6 nitrogen and oxygen atoms in total. The van der Waals surface area contributed by atoms with E-state index in [1.165, 1.54) is 4.88 Å². The predicted molar refractivity (Wildman–Crippen MR) is 80.0 cm³/mol. The van der Waals surface area contributed by atoms with Crippen LogP contribution >= 0.6 is 11.3 Å². The molecule has 0 radical (unpaired) electrons. The van der Waals surface area contributed by atoms with Crippen LogP contribution in [0.25, 0.3) is 10.8 Å². The van der Waals surface area contributed by atoms with Crippen LogP contribution in [0.1, 0.15) is 29.5 Å². The summed E-state index contributed by atoms with van der Waals surface area (Å²) in [6.45, 7) is 3.98. The van der Waals surface area contributed by atoms with Gasteiger partial charge in [-0.1, -0.05) is 0 Å². The van der Waals surface area contributed by atoms with Gasteiger partial charge < -0.3 is 10.2 Å². The molecule has 21 heavy (non-hydrogen) atoms. The molecule has 0 bridgehead atoms. The highest BCUT2D eigenvalue weighted by molar-refractivity contribution is 7.15. The maximum atomic E-state index is 11.0. The lowest BCUT2D eigenvalue weighted by atomic mass is 9.98. The fraction of sp³-hybridized carbons (Fsp3) is 0.500. The van der Waals surface area contributed by atoms with E-state index in [0.717, 1.165) is 30.8 Å². The van der Waals surface area contributed by atoms with Gasteiger partial charge in [0.25, 0.3) is 5.89 Å². The van der Waals surface area contributed by atoms with Gasteiger partial charge in [0, 0.05) is 11.4 Å². The van der Waals surface area contributed by atoms with Gasteiger partial charge in [0.2, 0.25) is 11.8 Å². The Labute approximate surface area is 127 Å². The minimum absolute atomic E-state index is 0.181. The first-order valence-corrected chi connectivity index (χ1v) is 7.84. The Balaban J connectivity index is 1.72. The molecule has 3 heterocycles. The number of hydrogen-bond donors (Lipinski definition) is 1. The number of rotatable bonds is 4. The van der Waals surface area contributed by atoms with E-state index >= 15 is 0 Å². The Morgan fingerprint density at radius 2 is 2.38 bits per heavy atom. The summed E-state index contributed by atoms with van der Waals surface area (Å²) in [6.07, 6.45) is 2.01. The topological polar surface area (TPSA) is 85.3 Å². The molecule has 0 aromatic carbocycles. The highest BCUT2D eigenvalue weighted by Crippen LogP contribution is 2.31. The Morgan fingerprint density at radius 3 is 3.10 bits per heavy atom. The van der Waals surface area contributed by atoms with Gasteiger partial charge in [0.15, 0.2) is 0 Å². The van der Waals surface area contributed by atoms with Crippen LogP contribution in [0.2, 0.25) is 0 Å². The molecule has 1 atom stereocenters. The first-order valence-electron chi connectivity index (χ1n) is 7.02. The van der Waals surface area contributed by atoms with Crippen LogP contribution in [0.3, 0.4) is 0 Å². The van der Waals surface area contributed by atoms with E-state index in [1.54, 1.807) is 11.3 Å². The molecule has 2 N–H and O–H groups in total. The van der Waals surface area contributed by atoms with Crippen LogP contribution in [0, 0.1) is 6.92 Å². The highest BCUT2D eigenvalue weighted by Gasteiger charge is 2.26. The number of likely N-dealkylation sites (tertiary alicyclic amines) is 1. The molecule has 1 aliphatic heterocycles. The van der Waals surface area contributed by atoms with Gasteiger partial charge in [-0.15, -0.1) is 21.5 Å². The van der Waals surface area contributed by atoms with Crippen LogP contribution in [0.4, 0.5) is 0 Å². The van der Waals surface area contributed by atoms with Crippen molar-refractivity contribution in [3.05, 3.63) is 22.9 Å². The second-order valence-corrected chi connectivity index (χ2v) is 6.68. The normalized spacial score (nSPS) is 19.8. The second kappa shape index (κ2) is 5.95. The molecular weight excluding hydrogens is 288 g/mol. The molecule has 2 aromatic rings. The average molecular weight is 306 g/mol. The first kappa shape index (κ1) is 14.2. The number of carbonyl (C=O) groups excluding carboxylic acids is 1. The number of nitrogens with zero attached hydrogens (tertiary/aromatic N) is 3. The van der Waals surface area contributed by atoms with E-state index in [4.69, 9.17) is 10.2 Å². The van der Waals surface area contributed by atoms with Gasteiger partial charge in [-0.3, -0.25) is 9.69 Å². The van der Waals surface area contributed by atoms with Gasteiger partial charge >= 0.3 is 0 Å². The number of primary amides is 1. The minimum atomic E-state index is -0.295. The lowest BCUT2D eigenvalue weighted by Crippen LogP contribution is -2.40. The Morgan fingerprint density at radius 1 is 1.52 bits per heavy atom. The third-order valence-corrected chi connectivity index (χ3v) is 4.61. The molecule has 2 aromatic heterocycles. The molecule has 3 rings (SSSR count). The number of carbonyl (C=O) groups is 1. The predicted octanol–water partition coefficient (Wildman–Crippen LogP) is 1.77. The van der Waals surface area contributed by atoms with Crippen LogP contribution < -0.4 is 5.73 Å². The monoisotopic (exact) mass is 306 g/mol. The lowest BCUT2D eigenvalue weighted by Gasteiger charge is -2.29. The number of thiophene rings is 1. The van der Waals surface area contributed by atoms with Crippen molar-refractivity contribution in [3.8, 4) is 10.8 Å². The highest BCUT2D eigenvalue weighted by atomic mass is 32.1. The molecule has 0 aliphatic carbocycles. The largest absolute Gasteiger partial charge is 0.420 e. The van der Waals surface area contributed by atoms with E-state index in [0.29, 0.717) is 18.3 Å². The zero-order valence-corrected chi connectivity index (χ0v) is 12.7. The van der Waals surface area contributed by atoms with Crippen LogP contribution in [0.5, 0.6) is 0 Å². The molecule has 0 spiro atoms. The molecule has 1 saturated heterocycles. The smallest absolute Gasteiger partial charge is 0.257 e. The fourth-order valence-corrected chi connectivity index (χ4v) is 3.46. The van der Waals surface area contributed by atoms with Gasteiger partial charge in [-0.2, -0.15) is 0 Å². The van der Waals surface area contributed by atoms with E-state index < -0.39 is 0 Å². The zero-order chi connectivity index (χ0) is 14.8. The van der Waals surface area contributed by atoms with Crippen molar-refractivity contribution in [2.45, 2.75) is 25.7 Å². The third-order valence-electron chi connectivity index (χ3n) is 3.63. The summed E-state index contributed by atoms with van der Waals surface area (Å²) in [4.78, 5) is 15.3. The maximum absolute atomic E-state index is 11.0. The van der Waals surface area contributed by atoms with E-state index in [1.807, 2.05) is 19.1 Å². The SMILES string of the molecule is Cc1ccc(-c2nnc(C3CCCN(CC(N)=O)C3)o2)s1. The van der Waals surface area contributed by atoms with Crippen molar-refractivity contribution >= 4 is 17.2 Å². The zero-order valence-electron chi connectivity index (χ0n) is 11.9. The molecule has 1 aliphatic rings. The van der Waals surface area contributed by atoms with Crippen LogP contribution in [-0.2, 0) is 4.79 Å². The summed E-state index contributed by atoms with van der Waals surface area (Å²) < 4.78 is 5.82. The number of aryl methyl sites for hydroxylation is 1. The fourth-order valence-electron chi connectivity index (χ4n) is 2.67. The van der Waals surface area contributed by atoms with Crippen molar-refractivity contribution in [2.75, 3.05) is 19.6 Å². The quantitative estimate of drug-likeness (QED) is 0.930. The number of amides is 1. The van der Waals surface area contributed by atoms with Crippen LogP contribution in [-0.4, -0.2) is 40.6 Å². The molecule has 0 saturated carbocycles.